The van der Waals surface area contributed by atoms with Gasteiger partial charge in [-0.1, -0.05) is 12.1 Å². The van der Waals surface area contributed by atoms with Crippen molar-refractivity contribution in [2.75, 3.05) is 13.7 Å². The van der Waals surface area contributed by atoms with Crippen LogP contribution in [0.15, 0.2) is 41.3 Å². The van der Waals surface area contributed by atoms with Crippen molar-refractivity contribution in [1.29, 1.82) is 0 Å². The van der Waals surface area contributed by atoms with Gasteiger partial charge in [-0.25, -0.2) is 4.98 Å². The highest BCUT2D eigenvalue weighted by Crippen LogP contribution is 2.28. The van der Waals surface area contributed by atoms with Crippen LogP contribution >= 0.6 is 0 Å². The molecule has 0 radical (unpaired) electrons. The van der Waals surface area contributed by atoms with Gasteiger partial charge in [0, 0.05) is 24.9 Å². The van der Waals surface area contributed by atoms with E-state index in [0.717, 1.165) is 5.56 Å². The summed E-state index contributed by atoms with van der Waals surface area (Å²) in [5.74, 6) is 1.69. The van der Waals surface area contributed by atoms with Crippen LogP contribution in [0.25, 0.3) is 27.9 Å². The molecule has 0 amide bonds. The summed E-state index contributed by atoms with van der Waals surface area (Å²) >= 11 is 0. The molecule has 3 aromatic heterocycles. The Balaban J connectivity index is 2.11. The van der Waals surface area contributed by atoms with Crippen LogP contribution in [0.4, 0.5) is 0 Å². The predicted octanol–water partition coefficient (Wildman–Crippen LogP) is 1.81. The van der Waals surface area contributed by atoms with Crippen LogP contribution in [-0.2, 0) is 6.54 Å². The number of hydrogen-bond acceptors (Lipinski definition) is 6. The van der Waals surface area contributed by atoms with Gasteiger partial charge in [-0.15, -0.1) is 5.10 Å². The second-order valence-corrected chi connectivity index (χ2v) is 6.21. The van der Waals surface area contributed by atoms with Gasteiger partial charge in [0.1, 0.15) is 11.6 Å². The highest BCUT2D eigenvalue weighted by Gasteiger charge is 2.18. The van der Waals surface area contributed by atoms with Gasteiger partial charge in [-0.05, 0) is 31.5 Å². The van der Waals surface area contributed by atoms with Crippen molar-refractivity contribution in [3.05, 3.63) is 52.7 Å². The minimum absolute atomic E-state index is 0.0206. The molecule has 0 unspecified atom stereocenters. The van der Waals surface area contributed by atoms with E-state index < -0.39 is 0 Å². The Hall–Kier alpha value is -3.26. The van der Waals surface area contributed by atoms with Crippen molar-refractivity contribution in [2.24, 2.45) is 0 Å². The van der Waals surface area contributed by atoms with E-state index in [9.17, 15) is 4.79 Å². The summed E-state index contributed by atoms with van der Waals surface area (Å²) in [5, 5.41) is 14.0. The van der Waals surface area contributed by atoms with E-state index in [1.165, 1.54) is 0 Å². The molecule has 8 heteroatoms. The van der Waals surface area contributed by atoms with Crippen LogP contribution in [0.2, 0.25) is 0 Å². The molecule has 0 bridgehead atoms. The molecule has 4 aromatic rings. The zero-order chi connectivity index (χ0) is 19.0. The van der Waals surface area contributed by atoms with Gasteiger partial charge in [0.2, 0.25) is 0 Å². The average Bonchev–Trinajstić information content (AvgIpc) is 3.05. The SMILES string of the molecule is COc1cccc(-c2c3c(=O)n(CCCO)ccc3nc3nc(C)nn23)c1. The van der Waals surface area contributed by atoms with E-state index in [4.69, 9.17) is 9.84 Å². The smallest absolute Gasteiger partial charge is 0.262 e. The summed E-state index contributed by atoms with van der Waals surface area (Å²) in [6.07, 6.45) is 2.19. The average molecular weight is 365 g/mol. The third kappa shape index (κ3) is 2.93. The predicted molar refractivity (Wildman–Crippen MR) is 101 cm³/mol. The third-order valence-electron chi connectivity index (χ3n) is 4.41. The number of aryl methyl sites for hydroxylation is 2. The largest absolute Gasteiger partial charge is 0.497 e. The molecule has 8 nitrogen and oxygen atoms in total. The summed E-state index contributed by atoms with van der Waals surface area (Å²) in [5.41, 5.74) is 1.78. The highest BCUT2D eigenvalue weighted by molar-refractivity contribution is 5.93. The Morgan fingerprint density at radius 1 is 1.22 bits per heavy atom. The fraction of sp³-hybridized carbons (Fsp3) is 0.263. The van der Waals surface area contributed by atoms with Gasteiger partial charge in [-0.3, -0.25) is 4.79 Å². The Morgan fingerprint density at radius 2 is 2.07 bits per heavy atom. The number of ether oxygens (including phenoxy) is 1. The van der Waals surface area contributed by atoms with Crippen LogP contribution in [0, 0.1) is 6.92 Å². The number of aromatic nitrogens is 5. The van der Waals surface area contributed by atoms with E-state index in [-0.39, 0.29) is 12.2 Å². The van der Waals surface area contributed by atoms with Crippen LogP contribution in [-0.4, -0.2) is 43.0 Å². The molecule has 0 aliphatic rings. The zero-order valence-corrected chi connectivity index (χ0v) is 15.1. The van der Waals surface area contributed by atoms with Crippen LogP contribution in [0.1, 0.15) is 12.2 Å². The lowest BCUT2D eigenvalue weighted by Gasteiger charge is -2.12. The van der Waals surface area contributed by atoms with Crippen molar-refractivity contribution >= 4 is 16.7 Å². The first-order valence-electron chi connectivity index (χ1n) is 8.64. The Kier molecular flexibility index (Phi) is 4.33. The highest BCUT2D eigenvalue weighted by atomic mass is 16.5. The first-order valence-corrected chi connectivity index (χ1v) is 8.64. The summed E-state index contributed by atoms with van der Waals surface area (Å²) in [7, 11) is 1.60. The summed E-state index contributed by atoms with van der Waals surface area (Å²) in [6, 6.07) is 9.26. The standard InChI is InChI=1S/C19H19N5O3/c1-12-20-19-21-15-7-9-23(8-4-10-25)18(26)16(15)17(24(19)22-12)13-5-3-6-14(11-13)27-2/h3,5-7,9,11,25H,4,8,10H2,1-2H3. The lowest BCUT2D eigenvalue weighted by molar-refractivity contribution is 0.279. The van der Waals surface area contributed by atoms with E-state index in [2.05, 4.69) is 15.1 Å². The van der Waals surface area contributed by atoms with E-state index in [1.807, 2.05) is 24.3 Å². The first-order chi connectivity index (χ1) is 13.1. The minimum atomic E-state index is -0.179. The maximum atomic E-state index is 13.2. The fourth-order valence-electron chi connectivity index (χ4n) is 3.17. The molecule has 1 aromatic carbocycles. The zero-order valence-electron chi connectivity index (χ0n) is 15.1. The van der Waals surface area contributed by atoms with Crippen LogP contribution < -0.4 is 10.3 Å². The molecule has 0 fully saturated rings. The van der Waals surface area contributed by atoms with Crippen molar-refractivity contribution < 1.29 is 9.84 Å². The monoisotopic (exact) mass is 365 g/mol. The number of hydrogen-bond donors (Lipinski definition) is 1. The Labute approximate surface area is 154 Å². The quantitative estimate of drug-likeness (QED) is 0.580. The Morgan fingerprint density at radius 3 is 2.85 bits per heavy atom. The Bertz CT molecular complexity index is 1200. The summed E-state index contributed by atoms with van der Waals surface area (Å²) in [4.78, 5) is 22.0. The van der Waals surface area contributed by atoms with Gasteiger partial charge in [0.05, 0.1) is 23.7 Å². The van der Waals surface area contributed by atoms with Gasteiger partial charge in [-0.2, -0.15) is 9.50 Å². The maximum Gasteiger partial charge on any atom is 0.262 e. The molecule has 3 heterocycles. The lowest BCUT2D eigenvalue weighted by Crippen LogP contribution is -2.22. The van der Waals surface area contributed by atoms with Crippen LogP contribution in [0.5, 0.6) is 5.75 Å². The number of aliphatic hydroxyl groups is 1. The number of aliphatic hydroxyl groups excluding tert-OH is 1. The van der Waals surface area contributed by atoms with Crippen molar-refractivity contribution in [1.82, 2.24) is 24.1 Å². The normalized spacial score (nSPS) is 11.4. The van der Waals surface area contributed by atoms with Crippen LogP contribution in [0.3, 0.4) is 0 Å². The van der Waals surface area contributed by atoms with Crippen molar-refractivity contribution in [3.8, 4) is 17.0 Å². The second kappa shape index (κ2) is 6.81. The van der Waals surface area contributed by atoms with Gasteiger partial charge >= 0.3 is 0 Å². The third-order valence-corrected chi connectivity index (χ3v) is 4.41. The fourth-order valence-corrected chi connectivity index (χ4v) is 3.17. The molecular formula is C19H19N5O3. The van der Waals surface area contributed by atoms with Gasteiger partial charge < -0.3 is 14.4 Å². The molecule has 4 rings (SSSR count). The molecule has 0 aliphatic carbocycles. The molecular weight excluding hydrogens is 346 g/mol. The van der Waals surface area contributed by atoms with Crippen molar-refractivity contribution in [3.63, 3.8) is 0 Å². The van der Waals surface area contributed by atoms with Crippen molar-refractivity contribution in [2.45, 2.75) is 19.9 Å². The molecule has 27 heavy (non-hydrogen) atoms. The molecule has 0 saturated carbocycles. The maximum absolute atomic E-state index is 13.2. The first kappa shape index (κ1) is 17.2. The number of pyridine rings is 1. The minimum Gasteiger partial charge on any atom is -0.497 e. The molecule has 0 aliphatic heterocycles. The number of fused-ring (bicyclic) bond motifs is 2. The number of rotatable bonds is 5. The van der Waals surface area contributed by atoms with Gasteiger partial charge in [0.25, 0.3) is 11.3 Å². The van der Waals surface area contributed by atoms with E-state index in [0.29, 0.717) is 46.9 Å². The van der Waals surface area contributed by atoms with Gasteiger partial charge in [0.15, 0.2) is 0 Å². The lowest BCUT2D eigenvalue weighted by atomic mass is 10.1. The number of methoxy groups -OCH3 is 1. The molecule has 138 valence electrons. The second-order valence-electron chi connectivity index (χ2n) is 6.21. The van der Waals surface area contributed by atoms with E-state index >= 15 is 0 Å². The molecule has 0 atom stereocenters. The number of nitrogens with zero attached hydrogens (tertiary/aromatic N) is 5. The molecule has 0 saturated heterocycles. The topological polar surface area (TPSA) is 94.5 Å². The van der Waals surface area contributed by atoms with E-state index in [1.54, 1.807) is 35.4 Å². The summed E-state index contributed by atoms with van der Waals surface area (Å²) < 4.78 is 8.53. The summed E-state index contributed by atoms with van der Waals surface area (Å²) in [6.45, 7) is 2.23. The molecule has 0 spiro atoms. The number of benzene rings is 1. The molecule has 1 N–H and O–H groups in total.